The zero-order valence-electron chi connectivity index (χ0n) is 19.5. The number of nitrogens with zero attached hydrogens (tertiary/aromatic N) is 3. The zero-order chi connectivity index (χ0) is 26.8. The van der Waals surface area contributed by atoms with E-state index in [2.05, 4.69) is 20.9 Å². The van der Waals surface area contributed by atoms with Crippen molar-refractivity contribution in [1.29, 1.82) is 0 Å². The van der Waals surface area contributed by atoms with E-state index in [0.717, 1.165) is 16.2 Å². The van der Waals surface area contributed by atoms with Crippen LogP contribution in [0.1, 0.15) is 26.5 Å². The molecule has 196 valence electrons. The van der Waals surface area contributed by atoms with Crippen molar-refractivity contribution in [3.63, 3.8) is 0 Å². The van der Waals surface area contributed by atoms with Crippen LogP contribution in [-0.2, 0) is 33.6 Å². The Kier molecular flexibility index (Phi) is 8.33. The number of carbonyl (C=O) groups excluding carboxylic acids is 3. The number of nitrogen functional groups attached to an aromatic ring is 1. The number of methoxy groups -OCH3 is 1. The molecular formula is C19H23ClN6O8S2. The number of aromatic nitrogens is 1. The van der Waals surface area contributed by atoms with E-state index in [1.165, 1.54) is 18.9 Å². The average molecular weight is 563 g/mol. The lowest BCUT2D eigenvalue weighted by molar-refractivity contribution is -0.150. The molecule has 2 aliphatic rings. The van der Waals surface area contributed by atoms with Crippen molar-refractivity contribution >= 4 is 69.2 Å². The highest BCUT2D eigenvalue weighted by molar-refractivity contribution is 8.00. The summed E-state index contributed by atoms with van der Waals surface area (Å²) in [6.07, 6.45) is 0. The number of hydroxylamine groups is 1. The quantitative estimate of drug-likeness (QED) is 0.183. The molecule has 14 nitrogen and oxygen atoms in total. The topological polar surface area (TPSA) is 195 Å². The molecule has 0 aliphatic carbocycles. The first-order valence-corrected chi connectivity index (χ1v) is 12.4. The minimum atomic E-state index is -1.33. The average Bonchev–Trinajstić information content (AvgIpc) is 3.14. The summed E-state index contributed by atoms with van der Waals surface area (Å²) < 4.78 is 5.11. The molecule has 0 saturated carbocycles. The Labute approximate surface area is 218 Å². The van der Waals surface area contributed by atoms with Gasteiger partial charge in [-0.3, -0.25) is 24.1 Å². The van der Waals surface area contributed by atoms with Gasteiger partial charge in [-0.25, -0.2) is 15.3 Å². The first kappa shape index (κ1) is 27.5. The molecule has 0 aromatic carbocycles. The van der Waals surface area contributed by atoms with Crippen LogP contribution in [0.5, 0.6) is 0 Å². The molecule has 1 saturated heterocycles. The van der Waals surface area contributed by atoms with Crippen molar-refractivity contribution in [2.24, 2.45) is 5.16 Å². The number of hydrogen-bond donors (Lipinski definition) is 4. The molecule has 3 heterocycles. The second-order valence-electron chi connectivity index (χ2n) is 8.27. The number of nitrogens with two attached hydrogens (primary N) is 1. The summed E-state index contributed by atoms with van der Waals surface area (Å²) in [5.74, 6) is -3.24. The maximum absolute atomic E-state index is 13.1. The lowest BCUT2D eigenvalue weighted by Gasteiger charge is -2.48. The number of carboxylic acid groups (broad SMARTS) is 1. The molecule has 0 spiro atoms. The Bertz CT molecular complexity index is 1150. The number of ether oxygens (including phenoxy) is 1. The number of β-lactam (4-membered cyclic amide) rings is 1. The van der Waals surface area contributed by atoms with Gasteiger partial charge in [0, 0.05) is 0 Å². The van der Waals surface area contributed by atoms with Gasteiger partial charge < -0.3 is 25.7 Å². The Morgan fingerprint density at radius 1 is 1.36 bits per heavy atom. The van der Waals surface area contributed by atoms with E-state index in [0.29, 0.717) is 0 Å². The molecule has 3 amide bonds. The number of nitrogens with one attached hydrogen (secondary N) is 2. The lowest BCUT2D eigenvalue weighted by atomic mass is 10.0. The summed E-state index contributed by atoms with van der Waals surface area (Å²) in [6.45, 7) is 4.57. The molecule has 1 unspecified atom stereocenters. The van der Waals surface area contributed by atoms with Crippen LogP contribution < -0.4 is 16.5 Å². The number of oxime groups is 1. The van der Waals surface area contributed by atoms with Crippen LogP contribution in [-0.4, -0.2) is 80.9 Å². The highest BCUT2D eigenvalue weighted by Gasteiger charge is 2.55. The number of rotatable bonds is 9. The molecule has 0 bridgehead atoms. The second kappa shape index (κ2) is 10.9. The van der Waals surface area contributed by atoms with Crippen LogP contribution in [0.2, 0.25) is 4.34 Å². The number of anilines is 1. The van der Waals surface area contributed by atoms with Gasteiger partial charge in [-0.05, 0) is 20.8 Å². The van der Waals surface area contributed by atoms with Crippen LogP contribution >= 0.6 is 34.7 Å². The van der Waals surface area contributed by atoms with Crippen LogP contribution in [0.3, 0.4) is 0 Å². The fourth-order valence-corrected chi connectivity index (χ4v) is 5.25. The van der Waals surface area contributed by atoms with E-state index in [9.17, 15) is 24.3 Å². The number of carbonyl (C=O) groups is 4. The van der Waals surface area contributed by atoms with E-state index in [1.54, 1.807) is 20.8 Å². The number of thiazole rings is 1. The van der Waals surface area contributed by atoms with Gasteiger partial charge in [0.2, 0.25) is 0 Å². The van der Waals surface area contributed by atoms with Gasteiger partial charge in [0.05, 0.1) is 18.5 Å². The van der Waals surface area contributed by atoms with Crippen LogP contribution in [0.15, 0.2) is 16.6 Å². The van der Waals surface area contributed by atoms with Crippen molar-refractivity contribution in [3.05, 3.63) is 21.5 Å². The van der Waals surface area contributed by atoms with Gasteiger partial charge in [0.1, 0.15) is 27.2 Å². The summed E-state index contributed by atoms with van der Waals surface area (Å²) in [6, 6.07) is -1.07. The third kappa shape index (κ3) is 6.00. The third-order valence-electron chi connectivity index (χ3n) is 4.53. The Morgan fingerprint density at radius 2 is 2.06 bits per heavy atom. The summed E-state index contributed by atoms with van der Waals surface area (Å²) in [5, 5.41) is 15.1. The molecule has 3 rings (SSSR count). The molecule has 17 heteroatoms. The summed E-state index contributed by atoms with van der Waals surface area (Å²) >= 11 is 8.22. The maximum atomic E-state index is 13.1. The first-order chi connectivity index (χ1) is 16.8. The predicted molar refractivity (Wildman–Crippen MR) is 130 cm³/mol. The van der Waals surface area contributed by atoms with Crippen molar-refractivity contribution in [3.8, 4) is 0 Å². The fraction of sp³-hybridized carbons (Fsp3) is 0.474. The van der Waals surface area contributed by atoms with Gasteiger partial charge in [-0.15, -0.1) is 11.8 Å². The van der Waals surface area contributed by atoms with E-state index in [4.69, 9.17) is 31.7 Å². The molecule has 1 aromatic rings. The third-order valence-corrected chi connectivity index (χ3v) is 6.87. The highest BCUT2D eigenvalue weighted by atomic mass is 35.5. The van der Waals surface area contributed by atoms with E-state index < -0.39 is 53.0 Å². The summed E-state index contributed by atoms with van der Waals surface area (Å²) in [7, 11) is 1.31. The minimum absolute atomic E-state index is 0.0277. The Morgan fingerprint density at radius 3 is 2.61 bits per heavy atom. The number of thioether (sulfide) groups is 1. The molecule has 2 aliphatic heterocycles. The maximum Gasteiger partial charge on any atom is 0.356 e. The van der Waals surface area contributed by atoms with Gasteiger partial charge in [-0.2, -0.15) is 0 Å². The van der Waals surface area contributed by atoms with Gasteiger partial charge in [0.15, 0.2) is 23.1 Å². The second-order valence-corrected chi connectivity index (χ2v) is 11.0. The number of halogens is 1. The minimum Gasteiger partial charge on any atom is -0.498 e. The SMILES string of the molecule is COC1=C(C(=O)O)N2C(=O)C(NC(=O)C(=NOCC(=O)NOC(C)(C)C)c3nc(N)sc3Cl)[C@@H]2SC1. The van der Waals surface area contributed by atoms with Crippen LogP contribution in [0.25, 0.3) is 0 Å². The monoisotopic (exact) mass is 562 g/mol. The number of carboxylic acids is 1. The van der Waals surface area contributed by atoms with Gasteiger partial charge in [0.25, 0.3) is 17.7 Å². The van der Waals surface area contributed by atoms with Gasteiger partial charge >= 0.3 is 5.97 Å². The van der Waals surface area contributed by atoms with Crippen molar-refractivity contribution in [2.75, 3.05) is 25.2 Å². The lowest BCUT2D eigenvalue weighted by Crippen LogP contribution is -2.71. The van der Waals surface area contributed by atoms with Crippen molar-refractivity contribution in [1.82, 2.24) is 20.7 Å². The molecule has 1 aromatic heterocycles. The molecule has 5 N–H and O–H groups in total. The number of aliphatic carboxylic acids is 1. The van der Waals surface area contributed by atoms with Crippen molar-refractivity contribution in [2.45, 2.75) is 37.8 Å². The van der Waals surface area contributed by atoms with Crippen LogP contribution in [0.4, 0.5) is 5.13 Å². The number of hydrogen-bond acceptors (Lipinski definition) is 12. The molecular weight excluding hydrogens is 540 g/mol. The Balaban J connectivity index is 1.75. The standard InChI is InChI=1S/C19H23ClN6O8S2/c1-19(2,3)34-24-8(27)5-33-25-10(9-13(20)36-18(21)23-9)14(28)22-11-15(29)26-12(17(30)31)7(32-4)6-35-16(11)26/h11,16H,5-6H2,1-4H3,(H2,21,23)(H,22,28)(H,24,27)(H,30,31)/t11?,16-/m0/s1. The van der Waals surface area contributed by atoms with Crippen molar-refractivity contribution < 1.29 is 38.7 Å². The molecule has 2 atom stereocenters. The predicted octanol–water partition coefficient (Wildman–Crippen LogP) is 0.288. The van der Waals surface area contributed by atoms with E-state index >= 15 is 0 Å². The Hall–Kier alpha value is -3.08. The number of fused-ring (bicyclic) bond motifs is 1. The summed E-state index contributed by atoms with van der Waals surface area (Å²) in [4.78, 5) is 64.5. The first-order valence-electron chi connectivity index (χ1n) is 10.2. The molecule has 36 heavy (non-hydrogen) atoms. The molecule has 0 radical (unpaired) electrons. The van der Waals surface area contributed by atoms with Crippen LogP contribution in [0, 0.1) is 0 Å². The smallest absolute Gasteiger partial charge is 0.356 e. The van der Waals surface area contributed by atoms with E-state index in [-0.39, 0.29) is 32.4 Å². The zero-order valence-corrected chi connectivity index (χ0v) is 21.9. The molecule has 1 fully saturated rings. The largest absolute Gasteiger partial charge is 0.498 e. The normalized spacial score (nSPS) is 19.9. The summed E-state index contributed by atoms with van der Waals surface area (Å²) in [5.41, 5.74) is 6.37. The highest BCUT2D eigenvalue weighted by Crippen LogP contribution is 2.40. The van der Waals surface area contributed by atoms with Gasteiger partial charge in [-0.1, -0.05) is 28.1 Å². The van der Waals surface area contributed by atoms with E-state index in [1.807, 2.05) is 0 Å². The fourth-order valence-electron chi connectivity index (χ4n) is 3.01. The number of amides is 3.